The molecule has 78 valence electrons. The summed E-state index contributed by atoms with van der Waals surface area (Å²) in [6.07, 6.45) is 0.0494. The molecule has 2 N–H and O–H groups in total. The summed E-state index contributed by atoms with van der Waals surface area (Å²) < 4.78 is 4.50. The van der Waals surface area contributed by atoms with Gasteiger partial charge >= 0.3 is 5.97 Å². The van der Waals surface area contributed by atoms with Crippen LogP contribution in [0.1, 0.15) is 11.1 Å². The van der Waals surface area contributed by atoms with Crippen LogP contribution in [0.5, 0.6) is 0 Å². The SMILES string of the molecule is COC(=O)Cc1cc(Cl)c(C#N)cc1N. The van der Waals surface area contributed by atoms with Gasteiger partial charge in [-0.25, -0.2) is 0 Å². The number of hydrogen-bond acceptors (Lipinski definition) is 4. The molecule has 5 heteroatoms. The molecule has 1 rings (SSSR count). The van der Waals surface area contributed by atoms with E-state index in [-0.39, 0.29) is 11.4 Å². The molecule has 0 aliphatic rings. The van der Waals surface area contributed by atoms with E-state index in [1.807, 2.05) is 6.07 Å². The normalized spacial score (nSPS) is 9.40. The van der Waals surface area contributed by atoms with E-state index < -0.39 is 5.97 Å². The fourth-order valence-electron chi connectivity index (χ4n) is 1.10. The maximum atomic E-state index is 11.0. The third kappa shape index (κ3) is 2.61. The highest BCUT2D eigenvalue weighted by Crippen LogP contribution is 2.23. The Bertz CT molecular complexity index is 438. The molecule has 0 saturated heterocycles. The van der Waals surface area contributed by atoms with Gasteiger partial charge in [0.15, 0.2) is 0 Å². The number of benzene rings is 1. The van der Waals surface area contributed by atoms with E-state index in [4.69, 9.17) is 22.6 Å². The number of methoxy groups -OCH3 is 1. The number of halogens is 1. The molecule has 0 saturated carbocycles. The molecule has 1 aromatic carbocycles. The van der Waals surface area contributed by atoms with Crippen LogP contribution in [-0.4, -0.2) is 13.1 Å². The first-order chi connectivity index (χ1) is 7.08. The van der Waals surface area contributed by atoms with Crippen molar-refractivity contribution in [2.45, 2.75) is 6.42 Å². The second-order valence-corrected chi connectivity index (χ2v) is 3.30. The maximum absolute atomic E-state index is 11.0. The smallest absolute Gasteiger partial charge is 0.310 e. The van der Waals surface area contributed by atoms with Gasteiger partial charge in [-0.3, -0.25) is 4.79 Å². The lowest BCUT2D eigenvalue weighted by molar-refractivity contribution is -0.139. The van der Waals surface area contributed by atoms with E-state index in [1.165, 1.54) is 19.2 Å². The minimum atomic E-state index is -0.400. The first-order valence-corrected chi connectivity index (χ1v) is 4.51. The Hall–Kier alpha value is -1.73. The number of rotatable bonds is 2. The van der Waals surface area contributed by atoms with E-state index in [0.717, 1.165) is 0 Å². The Morgan fingerprint density at radius 1 is 1.67 bits per heavy atom. The summed E-state index contributed by atoms with van der Waals surface area (Å²) in [5.74, 6) is -0.400. The molecule has 0 aliphatic heterocycles. The Balaban J connectivity index is 3.06. The number of nitrogen functional groups attached to an aromatic ring is 1. The molecular formula is C10H9ClN2O2. The molecule has 0 bridgehead atoms. The van der Waals surface area contributed by atoms with E-state index in [0.29, 0.717) is 16.8 Å². The minimum Gasteiger partial charge on any atom is -0.469 e. The molecule has 0 aromatic heterocycles. The van der Waals surface area contributed by atoms with Gasteiger partial charge in [0.1, 0.15) is 6.07 Å². The summed E-state index contributed by atoms with van der Waals surface area (Å²) in [7, 11) is 1.30. The van der Waals surface area contributed by atoms with E-state index in [2.05, 4.69) is 4.74 Å². The summed E-state index contributed by atoms with van der Waals surface area (Å²) in [5, 5.41) is 8.96. The number of anilines is 1. The molecule has 0 spiro atoms. The monoisotopic (exact) mass is 224 g/mol. The summed E-state index contributed by atoms with van der Waals surface area (Å²) in [4.78, 5) is 11.0. The topological polar surface area (TPSA) is 76.1 Å². The van der Waals surface area contributed by atoms with Gasteiger partial charge in [0, 0.05) is 5.69 Å². The first-order valence-electron chi connectivity index (χ1n) is 4.13. The number of esters is 1. The fourth-order valence-corrected chi connectivity index (χ4v) is 1.33. The number of nitrogens with zero attached hydrogens (tertiary/aromatic N) is 1. The second-order valence-electron chi connectivity index (χ2n) is 2.90. The predicted molar refractivity (Wildman–Crippen MR) is 56.3 cm³/mol. The van der Waals surface area contributed by atoms with Crippen molar-refractivity contribution in [1.29, 1.82) is 5.26 Å². The molecule has 15 heavy (non-hydrogen) atoms. The highest BCUT2D eigenvalue weighted by molar-refractivity contribution is 6.31. The maximum Gasteiger partial charge on any atom is 0.310 e. The zero-order valence-electron chi connectivity index (χ0n) is 8.08. The van der Waals surface area contributed by atoms with Gasteiger partial charge in [-0.05, 0) is 17.7 Å². The number of carbonyl (C=O) groups excluding carboxylic acids is 1. The molecule has 0 aliphatic carbocycles. The van der Waals surface area contributed by atoms with Crippen LogP contribution in [0.25, 0.3) is 0 Å². The Morgan fingerprint density at radius 2 is 2.33 bits per heavy atom. The van der Waals surface area contributed by atoms with Crippen molar-refractivity contribution in [3.05, 3.63) is 28.3 Å². The standard InChI is InChI=1S/C10H9ClN2O2/c1-15-10(14)4-6-2-8(11)7(5-12)3-9(6)13/h2-3H,4,13H2,1H3. The second kappa shape index (κ2) is 4.67. The largest absolute Gasteiger partial charge is 0.469 e. The Labute approximate surface area is 92.2 Å². The number of hydrogen-bond donors (Lipinski definition) is 1. The zero-order valence-corrected chi connectivity index (χ0v) is 8.84. The molecule has 0 fully saturated rings. The quantitative estimate of drug-likeness (QED) is 0.610. The molecule has 4 nitrogen and oxygen atoms in total. The lowest BCUT2D eigenvalue weighted by atomic mass is 10.1. The number of carbonyl (C=O) groups is 1. The molecule has 0 amide bonds. The van der Waals surface area contributed by atoms with Gasteiger partial charge in [-0.2, -0.15) is 5.26 Å². The lowest BCUT2D eigenvalue weighted by Gasteiger charge is -2.06. The minimum absolute atomic E-state index is 0.0494. The van der Waals surface area contributed by atoms with Crippen LogP contribution in [-0.2, 0) is 16.0 Å². The number of ether oxygens (including phenoxy) is 1. The number of nitrogens with two attached hydrogens (primary N) is 1. The van der Waals surface area contributed by atoms with Crippen LogP contribution in [0.4, 0.5) is 5.69 Å². The van der Waals surface area contributed by atoms with E-state index >= 15 is 0 Å². The zero-order chi connectivity index (χ0) is 11.4. The Morgan fingerprint density at radius 3 is 2.87 bits per heavy atom. The van der Waals surface area contributed by atoms with E-state index in [1.54, 1.807) is 0 Å². The average Bonchev–Trinajstić information content (AvgIpc) is 2.22. The van der Waals surface area contributed by atoms with Crippen molar-refractivity contribution in [2.24, 2.45) is 0 Å². The summed E-state index contributed by atoms with van der Waals surface area (Å²) in [5.41, 5.74) is 6.87. The fraction of sp³-hybridized carbons (Fsp3) is 0.200. The van der Waals surface area contributed by atoms with Crippen LogP contribution in [0.2, 0.25) is 5.02 Å². The summed E-state index contributed by atoms with van der Waals surface area (Å²) in [6.45, 7) is 0. The van der Waals surface area contributed by atoms with Crippen molar-refractivity contribution in [3.8, 4) is 6.07 Å². The van der Waals surface area contributed by atoms with Crippen molar-refractivity contribution < 1.29 is 9.53 Å². The summed E-state index contributed by atoms with van der Waals surface area (Å²) >= 11 is 5.80. The van der Waals surface area contributed by atoms with Crippen LogP contribution < -0.4 is 5.73 Å². The highest BCUT2D eigenvalue weighted by Gasteiger charge is 2.10. The van der Waals surface area contributed by atoms with Crippen LogP contribution in [0.3, 0.4) is 0 Å². The molecule has 1 aromatic rings. The molecule has 0 radical (unpaired) electrons. The molecule has 0 unspecified atom stereocenters. The van der Waals surface area contributed by atoms with Crippen molar-refractivity contribution in [1.82, 2.24) is 0 Å². The third-order valence-corrected chi connectivity index (χ3v) is 2.22. The Kier molecular flexibility index (Phi) is 3.53. The van der Waals surface area contributed by atoms with E-state index in [9.17, 15) is 4.79 Å². The van der Waals surface area contributed by atoms with Gasteiger partial charge in [-0.15, -0.1) is 0 Å². The number of nitriles is 1. The first kappa shape index (κ1) is 11.3. The van der Waals surface area contributed by atoms with Crippen LogP contribution in [0, 0.1) is 11.3 Å². The van der Waals surface area contributed by atoms with Gasteiger partial charge in [0.25, 0.3) is 0 Å². The van der Waals surface area contributed by atoms with Crippen molar-refractivity contribution in [3.63, 3.8) is 0 Å². The van der Waals surface area contributed by atoms with Gasteiger partial charge < -0.3 is 10.5 Å². The molecule has 0 atom stereocenters. The predicted octanol–water partition coefficient (Wildman–Crippen LogP) is 1.51. The average molecular weight is 225 g/mol. The van der Waals surface area contributed by atoms with Gasteiger partial charge in [-0.1, -0.05) is 11.6 Å². The van der Waals surface area contributed by atoms with Crippen molar-refractivity contribution >= 4 is 23.3 Å². The molecule has 0 heterocycles. The van der Waals surface area contributed by atoms with Crippen LogP contribution >= 0.6 is 11.6 Å². The third-order valence-electron chi connectivity index (χ3n) is 1.91. The van der Waals surface area contributed by atoms with Crippen LogP contribution in [0.15, 0.2) is 12.1 Å². The van der Waals surface area contributed by atoms with Gasteiger partial charge in [0.2, 0.25) is 0 Å². The highest BCUT2D eigenvalue weighted by atomic mass is 35.5. The lowest BCUT2D eigenvalue weighted by Crippen LogP contribution is -2.07. The van der Waals surface area contributed by atoms with Gasteiger partial charge in [0.05, 0.1) is 24.1 Å². The van der Waals surface area contributed by atoms with Crippen molar-refractivity contribution in [2.75, 3.05) is 12.8 Å². The summed E-state index contributed by atoms with van der Waals surface area (Å²) in [6, 6.07) is 4.85. The molecular weight excluding hydrogens is 216 g/mol.